The fourth-order valence-corrected chi connectivity index (χ4v) is 1.16. The van der Waals surface area contributed by atoms with Gasteiger partial charge >= 0.3 is 11.9 Å². The third-order valence-corrected chi connectivity index (χ3v) is 1.95. The van der Waals surface area contributed by atoms with Crippen LogP contribution in [-0.2, 0) is 16.2 Å². The lowest BCUT2D eigenvalue weighted by atomic mass is 10.2. The molecular formula is C10H9NO7. The van der Waals surface area contributed by atoms with Gasteiger partial charge in [-0.3, -0.25) is 19.7 Å². The maximum atomic E-state index is 11.1. The molecule has 0 aliphatic heterocycles. The quantitative estimate of drug-likeness (QED) is 0.257. The lowest BCUT2D eigenvalue weighted by Gasteiger charge is -2.07. The van der Waals surface area contributed by atoms with Crippen LogP contribution in [0.3, 0.4) is 0 Å². The molecule has 96 valence electrons. The Labute approximate surface area is 101 Å². The van der Waals surface area contributed by atoms with Gasteiger partial charge in [0.05, 0.1) is 17.6 Å². The summed E-state index contributed by atoms with van der Waals surface area (Å²) in [5, 5.41) is 27.9. The number of aliphatic hydroxyl groups is 1. The molecule has 0 atom stereocenters. The van der Waals surface area contributed by atoms with E-state index in [4.69, 9.17) is 10.2 Å². The van der Waals surface area contributed by atoms with E-state index >= 15 is 0 Å². The molecule has 8 heteroatoms. The SMILES string of the molecule is O=C(O)CC(=O)Oc1cc([N+](=O)[O-])ccc1CO. The summed E-state index contributed by atoms with van der Waals surface area (Å²) in [6.07, 6.45) is -0.867. The Bertz CT molecular complexity index is 497. The first-order valence-electron chi connectivity index (χ1n) is 4.74. The van der Waals surface area contributed by atoms with E-state index in [-0.39, 0.29) is 17.0 Å². The molecule has 8 nitrogen and oxygen atoms in total. The highest BCUT2D eigenvalue weighted by Crippen LogP contribution is 2.25. The second kappa shape index (κ2) is 5.73. The first kappa shape index (κ1) is 13.6. The van der Waals surface area contributed by atoms with E-state index in [2.05, 4.69) is 4.74 Å². The Balaban J connectivity index is 2.97. The highest BCUT2D eigenvalue weighted by Gasteiger charge is 2.16. The van der Waals surface area contributed by atoms with Gasteiger partial charge in [-0.05, 0) is 6.07 Å². The van der Waals surface area contributed by atoms with Gasteiger partial charge < -0.3 is 14.9 Å². The molecule has 0 heterocycles. The van der Waals surface area contributed by atoms with Gasteiger partial charge in [-0.2, -0.15) is 0 Å². The van der Waals surface area contributed by atoms with Crippen LogP contribution in [0.1, 0.15) is 12.0 Å². The number of esters is 1. The average molecular weight is 255 g/mol. The summed E-state index contributed by atoms with van der Waals surface area (Å²) >= 11 is 0. The van der Waals surface area contributed by atoms with Crippen LogP contribution in [0.5, 0.6) is 5.75 Å². The van der Waals surface area contributed by atoms with E-state index in [9.17, 15) is 19.7 Å². The van der Waals surface area contributed by atoms with Crippen LogP contribution in [0.15, 0.2) is 18.2 Å². The summed E-state index contributed by atoms with van der Waals surface area (Å²) in [6, 6.07) is 3.31. The van der Waals surface area contributed by atoms with E-state index < -0.39 is 29.9 Å². The average Bonchev–Trinajstić information content (AvgIpc) is 2.27. The minimum Gasteiger partial charge on any atom is -0.481 e. The fourth-order valence-electron chi connectivity index (χ4n) is 1.16. The van der Waals surface area contributed by atoms with E-state index in [1.54, 1.807) is 0 Å². The number of carboxylic acids is 1. The fraction of sp³-hybridized carbons (Fsp3) is 0.200. The zero-order chi connectivity index (χ0) is 13.7. The van der Waals surface area contributed by atoms with Gasteiger partial charge in [0.25, 0.3) is 5.69 Å². The van der Waals surface area contributed by atoms with Crippen molar-refractivity contribution in [2.75, 3.05) is 0 Å². The van der Waals surface area contributed by atoms with Gasteiger partial charge in [-0.15, -0.1) is 0 Å². The summed E-state index contributed by atoms with van der Waals surface area (Å²) in [5.74, 6) is -2.67. The Morgan fingerprint density at radius 3 is 2.56 bits per heavy atom. The van der Waals surface area contributed by atoms with Crippen molar-refractivity contribution in [3.05, 3.63) is 33.9 Å². The minimum absolute atomic E-state index is 0.152. The molecule has 0 aliphatic rings. The van der Waals surface area contributed by atoms with Crippen LogP contribution in [0.2, 0.25) is 0 Å². The van der Waals surface area contributed by atoms with Crippen LogP contribution >= 0.6 is 0 Å². The first-order valence-corrected chi connectivity index (χ1v) is 4.74. The van der Waals surface area contributed by atoms with Crippen molar-refractivity contribution >= 4 is 17.6 Å². The molecule has 0 radical (unpaired) electrons. The van der Waals surface area contributed by atoms with E-state index in [1.165, 1.54) is 6.07 Å². The number of non-ortho nitro benzene ring substituents is 1. The maximum absolute atomic E-state index is 11.1. The summed E-state index contributed by atoms with van der Waals surface area (Å²) < 4.78 is 4.65. The summed E-state index contributed by atoms with van der Waals surface area (Å²) in [4.78, 5) is 31.2. The predicted octanol–water partition coefficient (Wildman–Crippen LogP) is 0.467. The number of carboxylic acid groups (broad SMARTS) is 1. The number of nitro benzene ring substituents is 1. The molecule has 2 N–H and O–H groups in total. The first-order chi connectivity index (χ1) is 8.43. The number of ether oxygens (including phenoxy) is 1. The number of aliphatic carboxylic acids is 1. The van der Waals surface area contributed by atoms with Gasteiger partial charge in [0, 0.05) is 11.6 Å². The number of rotatable bonds is 5. The zero-order valence-electron chi connectivity index (χ0n) is 9.03. The maximum Gasteiger partial charge on any atom is 0.322 e. The summed E-state index contributed by atoms with van der Waals surface area (Å²) in [7, 11) is 0. The third-order valence-electron chi connectivity index (χ3n) is 1.95. The highest BCUT2D eigenvalue weighted by atomic mass is 16.6. The Morgan fingerprint density at radius 2 is 2.06 bits per heavy atom. The van der Waals surface area contributed by atoms with Gasteiger partial charge in [0.1, 0.15) is 12.2 Å². The molecule has 1 rings (SSSR count). The third kappa shape index (κ3) is 3.52. The molecule has 1 aromatic rings. The lowest BCUT2D eigenvalue weighted by Crippen LogP contribution is -2.14. The van der Waals surface area contributed by atoms with Crippen molar-refractivity contribution in [1.82, 2.24) is 0 Å². The van der Waals surface area contributed by atoms with Crippen molar-refractivity contribution in [2.45, 2.75) is 13.0 Å². The Kier molecular flexibility index (Phi) is 4.33. The number of carbonyl (C=O) groups is 2. The van der Waals surface area contributed by atoms with Crippen molar-refractivity contribution in [1.29, 1.82) is 0 Å². The normalized spacial score (nSPS) is 9.83. The monoisotopic (exact) mass is 255 g/mol. The number of aliphatic hydroxyl groups excluding tert-OH is 1. The van der Waals surface area contributed by atoms with Crippen LogP contribution in [0.4, 0.5) is 5.69 Å². The predicted molar refractivity (Wildman–Crippen MR) is 56.9 cm³/mol. The molecule has 0 aromatic heterocycles. The van der Waals surface area contributed by atoms with Crippen LogP contribution in [0, 0.1) is 10.1 Å². The molecule has 0 fully saturated rings. The Hall–Kier alpha value is -2.48. The second-order valence-electron chi connectivity index (χ2n) is 3.25. The lowest BCUT2D eigenvalue weighted by molar-refractivity contribution is -0.384. The molecule has 0 unspecified atom stereocenters. The van der Waals surface area contributed by atoms with Gasteiger partial charge in [-0.25, -0.2) is 0 Å². The molecule has 0 saturated heterocycles. The second-order valence-corrected chi connectivity index (χ2v) is 3.25. The molecule has 0 spiro atoms. The van der Waals surface area contributed by atoms with Gasteiger partial charge in [0.2, 0.25) is 0 Å². The number of hydrogen-bond donors (Lipinski definition) is 2. The van der Waals surface area contributed by atoms with Crippen LogP contribution < -0.4 is 4.74 Å². The van der Waals surface area contributed by atoms with Crippen molar-refractivity contribution in [3.8, 4) is 5.75 Å². The Morgan fingerprint density at radius 1 is 1.39 bits per heavy atom. The molecule has 18 heavy (non-hydrogen) atoms. The number of nitrogens with zero attached hydrogens (tertiary/aromatic N) is 1. The number of hydrogen-bond acceptors (Lipinski definition) is 6. The van der Waals surface area contributed by atoms with Crippen LogP contribution in [-0.4, -0.2) is 27.1 Å². The number of benzene rings is 1. The van der Waals surface area contributed by atoms with Gasteiger partial charge in [0.15, 0.2) is 0 Å². The zero-order valence-corrected chi connectivity index (χ0v) is 9.03. The number of carbonyl (C=O) groups excluding carboxylic acids is 1. The molecular weight excluding hydrogens is 246 g/mol. The summed E-state index contributed by atoms with van der Waals surface area (Å²) in [5.41, 5.74) is -0.176. The molecule has 0 aliphatic carbocycles. The largest absolute Gasteiger partial charge is 0.481 e. The standard InChI is InChI=1S/C10H9NO7/c12-5-6-1-2-7(11(16)17)3-8(6)18-10(15)4-9(13)14/h1-3,12H,4-5H2,(H,13,14). The van der Waals surface area contributed by atoms with Gasteiger partial charge in [-0.1, -0.05) is 0 Å². The molecule has 0 bridgehead atoms. The highest BCUT2D eigenvalue weighted by molar-refractivity contribution is 5.91. The number of nitro groups is 1. The van der Waals surface area contributed by atoms with E-state index in [0.717, 1.165) is 12.1 Å². The smallest absolute Gasteiger partial charge is 0.322 e. The van der Waals surface area contributed by atoms with Crippen LogP contribution in [0.25, 0.3) is 0 Å². The molecule has 0 amide bonds. The molecule has 0 saturated carbocycles. The van der Waals surface area contributed by atoms with Crippen molar-refractivity contribution < 1.29 is 29.5 Å². The summed E-state index contributed by atoms with van der Waals surface area (Å²) in [6.45, 7) is -0.492. The topological polar surface area (TPSA) is 127 Å². The van der Waals surface area contributed by atoms with E-state index in [1.807, 2.05) is 0 Å². The van der Waals surface area contributed by atoms with Crippen molar-refractivity contribution in [3.63, 3.8) is 0 Å². The molecule has 1 aromatic carbocycles. The van der Waals surface area contributed by atoms with Crippen molar-refractivity contribution in [2.24, 2.45) is 0 Å². The minimum atomic E-state index is -1.38. The van der Waals surface area contributed by atoms with E-state index in [0.29, 0.717) is 0 Å².